The average Bonchev–Trinajstić information content (AvgIpc) is 2.36. The molecular weight excluding hydrogens is 429 g/mol. The van der Waals surface area contributed by atoms with E-state index in [1.807, 2.05) is 6.92 Å². The maximum Gasteiger partial charge on any atom is 0.261 e. The maximum absolute atomic E-state index is 12.3. The normalized spacial score (nSPS) is 11.4. The molecule has 2 rings (SSSR count). The van der Waals surface area contributed by atoms with Gasteiger partial charge in [-0.3, -0.25) is 4.72 Å². The molecular formula is C13H10Br2ClNO2S. The van der Waals surface area contributed by atoms with Crippen molar-refractivity contribution in [2.45, 2.75) is 11.8 Å². The van der Waals surface area contributed by atoms with Crippen LogP contribution in [0.2, 0.25) is 5.02 Å². The summed E-state index contributed by atoms with van der Waals surface area (Å²) in [4.78, 5) is 0.192. The predicted octanol–water partition coefficient (Wildman–Crippen LogP) is 4.97. The van der Waals surface area contributed by atoms with Crippen LogP contribution in [0, 0.1) is 6.92 Å². The molecule has 0 radical (unpaired) electrons. The zero-order valence-corrected chi connectivity index (χ0v) is 15.1. The lowest BCUT2D eigenvalue weighted by molar-refractivity contribution is 0.601. The highest BCUT2D eigenvalue weighted by atomic mass is 79.9. The number of benzene rings is 2. The lowest BCUT2D eigenvalue weighted by atomic mass is 10.2. The molecule has 3 nitrogen and oxygen atoms in total. The van der Waals surface area contributed by atoms with Crippen molar-refractivity contribution in [3.63, 3.8) is 0 Å². The molecule has 0 aliphatic heterocycles. The molecule has 0 fully saturated rings. The molecule has 0 saturated carbocycles. The first-order chi connectivity index (χ1) is 9.29. The van der Waals surface area contributed by atoms with Gasteiger partial charge < -0.3 is 0 Å². The summed E-state index contributed by atoms with van der Waals surface area (Å²) in [5, 5.41) is 0.330. The highest BCUT2D eigenvalue weighted by Crippen LogP contribution is 2.28. The first-order valence-corrected chi connectivity index (χ1v) is 8.98. The van der Waals surface area contributed by atoms with Crippen molar-refractivity contribution in [1.29, 1.82) is 0 Å². The van der Waals surface area contributed by atoms with E-state index in [9.17, 15) is 8.42 Å². The number of anilines is 1. The number of nitrogens with one attached hydrogen (secondary N) is 1. The second-order valence-electron chi connectivity index (χ2n) is 4.14. The van der Waals surface area contributed by atoms with Gasteiger partial charge in [-0.2, -0.15) is 0 Å². The molecule has 2 aromatic carbocycles. The SMILES string of the molecule is Cc1cc(S(=O)(=O)Nc2ccc(Br)cc2Cl)ccc1Br. The van der Waals surface area contributed by atoms with Crippen LogP contribution in [0.3, 0.4) is 0 Å². The van der Waals surface area contributed by atoms with Crippen molar-refractivity contribution in [1.82, 2.24) is 0 Å². The summed E-state index contributed by atoms with van der Waals surface area (Å²) < 4.78 is 28.7. The second kappa shape index (κ2) is 6.05. The molecule has 20 heavy (non-hydrogen) atoms. The Kier molecular flexibility index (Phi) is 4.79. The van der Waals surface area contributed by atoms with E-state index in [1.54, 1.807) is 30.3 Å². The molecule has 106 valence electrons. The van der Waals surface area contributed by atoms with Gasteiger partial charge in [-0.05, 0) is 48.9 Å². The quantitative estimate of drug-likeness (QED) is 0.734. The Labute approximate surface area is 139 Å². The molecule has 0 aromatic heterocycles. The summed E-state index contributed by atoms with van der Waals surface area (Å²) in [7, 11) is -3.66. The number of halogens is 3. The zero-order valence-electron chi connectivity index (χ0n) is 10.3. The van der Waals surface area contributed by atoms with Crippen LogP contribution in [0.1, 0.15) is 5.56 Å². The Morgan fingerprint density at radius 1 is 1.10 bits per heavy atom. The number of hydrogen-bond donors (Lipinski definition) is 1. The van der Waals surface area contributed by atoms with Gasteiger partial charge in [0.2, 0.25) is 0 Å². The number of rotatable bonds is 3. The third-order valence-corrected chi connectivity index (χ3v) is 5.67. The van der Waals surface area contributed by atoms with Crippen molar-refractivity contribution in [3.8, 4) is 0 Å². The Balaban J connectivity index is 2.38. The van der Waals surface area contributed by atoms with Gasteiger partial charge in [0.1, 0.15) is 0 Å². The van der Waals surface area contributed by atoms with Gasteiger partial charge in [-0.15, -0.1) is 0 Å². The standard InChI is InChI=1S/C13H10Br2ClNO2S/c1-8-6-10(3-4-11(8)15)20(18,19)17-13-5-2-9(14)7-12(13)16/h2-7,17H,1H3. The molecule has 0 aliphatic carbocycles. The molecule has 0 saturated heterocycles. The van der Waals surface area contributed by atoms with Crippen LogP contribution in [-0.4, -0.2) is 8.42 Å². The topological polar surface area (TPSA) is 46.2 Å². The van der Waals surface area contributed by atoms with Crippen molar-refractivity contribution < 1.29 is 8.42 Å². The summed E-state index contributed by atoms with van der Waals surface area (Å²) in [5.41, 5.74) is 1.19. The van der Waals surface area contributed by atoms with Crippen LogP contribution in [0.5, 0.6) is 0 Å². The molecule has 0 heterocycles. The molecule has 0 unspecified atom stereocenters. The van der Waals surface area contributed by atoms with Crippen molar-refractivity contribution in [2.24, 2.45) is 0 Å². The summed E-state index contributed by atoms with van der Waals surface area (Å²) in [6, 6.07) is 9.79. The van der Waals surface area contributed by atoms with Gasteiger partial charge in [-0.25, -0.2) is 8.42 Å². The smallest absolute Gasteiger partial charge is 0.261 e. The van der Waals surface area contributed by atoms with E-state index in [2.05, 4.69) is 36.6 Å². The predicted molar refractivity (Wildman–Crippen MR) is 88.8 cm³/mol. The highest BCUT2D eigenvalue weighted by molar-refractivity contribution is 9.10. The fraction of sp³-hybridized carbons (Fsp3) is 0.0769. The minimum Gasteiger partial charge on any atom is -0.278 e. The average molecular weight is 440 g/mol. The molecule has 2 aromatic rings. The summed E-state index contributed by atoms with van der Waals surface area (Å²) in [6.07, 6.45) is 0. The Morgan fingerprint density at radius 3 is 2.40 bits per heavy atom. The fourth-order valence-corrected chi connectivity index (χ4v) is 3.75. The Hall–Kier alpha value is -0.560. The first-order valence-electron chi connectivity index (χ1n) is 5.53. The molecule has 0 atom stereocenters. The fourth-order valence-electron chi connectivity index (χ4n) is 1.56. The van der Waals surface area contributed by atoms with Crippen LogP contribution in [0.4, 0.5) is 5.69 Å². The van der Waals surface area contributed by atoms with Gasteiger partial charge in [0.25, 0.3) is 10.0 Å². The summed E-state index contributed by atoms with van der Waals surface area (Å²) in [5.74, 6) is 0. The van der Waals surface area contributed by atoms with E-state index in [0.29, 0.717) is 10.7 Å². The number of sulfonamides is 1. The lowest BCUT2D eigenvalue weighted by Gasteiger charge is -2.11. The van der Waals surface area contributed by atoms with Crippen LogP contribution in [0.15, 0.2) is 50.2 Å². The van der Waals surface area contributed by atoms with Gasteiger partial charge in [0, 0.05) is 8.95 Å². The van der Waals surface area contributed by atoms with E-state index < -0.39 is 10.0 Å². The van der Waals surface area contributed by atoms with Crippen molar-refractivity contribution in [2.75, 3.05) is 4.72 Å². The Bertz CT molecular complexity index is 763. The molecule has 0 bridgehead atoms. The van der Waals surface area contributed by atoms with Crippen molar-refractivity contribution >= 4 is 59.2 Å². The number of aryl methyl sites for hydroxylation is 1. The minimum atomic E-state index is -3.66. The molecule has 0 amide bonds. The molecule has 0 aliphatic rings. The summed E-state index contributed by atoms with van der Waals surface area (Å²) in [6.45, 7) is 1.83. The lowest BCUT2D eigenvalue weighted by Crippen LogP contribution is -2.13. The van der Waals surface area contributed by atoms with Crippen LogP contribution in [-0.2, 0) is 10.0 Å². The second-order valence-corrected chi connectivity index (χ2v) is 8.00. The summed E-state index contributed by atoms with van der Waals surface area (Å²) >= 11 is 12.6. The van der Waals surface area contributed by atoms with E-state index in [0.717, 1.165) is 14.5 Å². The Morgan fingerprint density at radius 2 is 1.80 bits per heavy atom. The number of hydrogen-bond acceptors (Lipinski definition) is 2. The van der Waals surface area contributed by atoms with Crippen LogP contribution >= 0.6 is 43.5 Å². The van der Waals surface area contributed by atoms with Gasteiger partial charge >= 0.3 is 0 Å². The van der Waals surface area contributed by atoms with Gasteiger partial charge in [-0.1, -0.05) is 43.5 Å². The van der Waals surface area contributed by atoms with Crippen molar-refractivity contribution in [3.05, 3.63) is 55.9 Å². The third-order valence-electron chi connectivity index (χ3n) is 2.62. The van der Waals surface area contributed by atoms with Crippen LogP contribution < -0.4 is 4.72 Å². The van der Waals surface area contributed by atoms with Crippen LogP contribution in [0.25, 0.3) is 0 Å². The first kappa shape index (κ1) is 15.8. The van der Waals surface area contributed by atoms with E-state index in [4.69, 9.17) is 11.6 Å². The maximum atomic E-state index is 12.3. The highest BCUT2D eigenvalue weighted by Gasteiger charge is 2.16. The third kappa shape index (κ3) is 3.55. The largest absolute Gasteiger partial charge is 0.278 e. The molecule has 0 spiro atoms. The van der Waals surface area contributed by atoms with E-state index in [-0.39, 0.29) is 4.90 Å². The van der Waals surface area contributed by atoms with Gasteiger partial charge in [0.15, 0.2) is 0 Å². The molecule has 7 heteroatoms. The minimum absolute atomic E-state index is 0.192. The van der Waals surface area contributed by atoms with E-state index >= 15 is 0 Å². The molecule has 1 N–H and O–H groups in total. The monoisotopic (exact) mass is 437 g/mol. The van der Waals surface area contributed by atoms with E-state index in [1.165, 1.54) is 6.07 Å². The zero-order chi connectivity index (χ0) is 14.9. The van der Waals surface area contributed by atoms with Gasteiger partial charge in [0.05, 0.1) is 15.6 Å².